The van der Waals surface area contributed by atoms with E-state index in [1.54, 1.807) is 0 Å². The van der Waals surface area contributed by atoms with Crippen LogP contribution >= 0.6 is 11.3 Å². The van der Waals surface area contributed by atoms with Crippen LogP contribution in [-0.4, -0.2) is 16.3 Å². The standard InChI is InChI=1S/C11H6F3NO3S.C2H6/c12-11(13,14)9-4-3-8(19-9)6-1-2-7(10(16)17)15(18)5-6;1-2/h1-5H,(H-,16,17,18);1-2H3/p+1. The van der Waals surface area contributed by atoms with E-state index in [0.29, 0.717) is 21.6 Å². The molecule has 0 saturated carbocycles. The minimum absolute atomic E-state index is 0.284. The smallest absolute Gasteiger partial charge is 0.425 e. The normalized spacial score (nSPS) is 10.7. The van der Waals surface area contributed by atoms with Crippen molar-refractivity contribution < 1.29 is 33.0 Å². The minimum atomic E-state index is -4.42. The fraction of sp³-hybridized carbons (Fsp3) is 0.231. The van der Waals surface area contributed by atoms with Crippen LogP contribution < -0.4 is 4.73 Å². The Kier molecular flexibility index (Phi) is 5.31. The predicted octanol–water partition coefficient (Wildman–Crippen LogP) is 3.68. The predicted molar refractivity (Wildman–Crippen MR) is 70.4 cm³/mol. The maximum Gasteiger partial charge on any atom is 0.425 e. The lowest BCUT2D eigenvalue weighted by atomic mass is 10.2. The van der Waals surface area contributed by atoms with Crippen molar-refractivity contribution >= 4 is 17.3 Å². The SMILES string of the molecule is CC.O=C(O)c1ccc(-c2ccc(C(F)(F)F)s2)c[n+]1O. The van der Waals surface area contributed by atoms with E-state index < -0.39 is 17.0 Å². The van der Waals surface area contributed by atoms with Crippen LogP contribution in [0.15, 0.2) is 30.5 Å². The maximum absolute atomic E-state index is 12.4. The molecular formula is C13H13F3NO3S+. The van der Waals surface area contributed by atoms with Gasteiger partial charge in [0.15, 0.2) is 0 Å². The Morgan fingerprint density at radius 1 is 1.19 bits per heavy atom. The van der Waals surface area contributed by atoms with Gasteiger partial charge in [0, 0.05) is 15.7 Å². The van der Waals surface area contributed by atoms with E-state index in [9.17, 15) is 23.2 Å². The average molecular weight is 320 g/mol. The van der Waals surface area contributed by atoms with Crippen molar-refractivity contribution in [3.63, 3.8) is 0 Å². The lowest BCUT2D eigenvalue weighted by Crippen LogP contribution is -2.37. The van der Waals surface area contributed by atoms with Gasteiger partial charge in [0.25, 0.3) is 0 Å². The second-order valence-electron chi connectivity index (χ2n) is 3.61. The summed E-state index contributed by atoms with van der Waals surface area (Å²) in [6.07, 6.45) is -3.37. The van der Waals surface area contributed by atoms with E-state index in [0.717, 1.165) is 18.3 Å². The van der Waals surface area contributed by atoms with Gasteiger partial charge in [0.2, 0.25) is 6.20 Å². The molecule has 0 aliphatic carbocycles. The molecule has 0 saturated heterocycles. The molecule has 2 aromatic heterocycles. The Balaban J connectivity index is 0.00000106. The van der Waals surface area contributed by atoms with Crippen LogP contribution in [-0.2, 0) is 6.18 Å². The summed E-state index contributed by atoms with van der Waals surface area (Å²) in [6, 6.07) is 4.66. The first-order chi connectivity index (χ1) is 9.79. The summed E-state index contributed by atoms with van der Waals surface area (Å²) in [5.41, 5.74) is -0.0793. The van der Waals surface area contributed by atoms with Crippen LogP contribution in [0.1, 0.15) is 29.2 Å². The molecule has 0 unspecified atom stereocenters. The molecule has 0 aliphatic rings. The minimum Gasteiger partial charge on any atom is -0.473 e. The van der Waals surface area contributed by atoms with Crippen LogP contribution in [0.3, 0.4) is 0 Å². The van der Waals surface area contributed by atoms with Gasteiger partial charge >= 0.3 is 17.8 Å². The highest BCUT2D eigenvalue weighted by molar-refractivity contribution is 7.15. The van der Waals surface area contributed by atoms with Gasteiger partial charge in [0.05, 0.1) is 5.56 Å². The molecule has 0 amide bonds. The summed E-state index contributed by atoms with van der Waals surface area (Å²) in [5.74, 6) is -1.34. The molecule has 114 valence electrons. The third-order valence-corrected chi connectivity index (χ3v) is 3.50. The zero-order chi connectivity index (χ0) is 16.2. The van der Waals surface area contributed by atoms with Crippen LogP contribution in [0.2, 0.25) is 0 Å². The van der Waals surface area contributed by atoms with Crippen molar-refractivity contribution in [2.45, 2.75) is 20.0 Å². The zero-order valence-corrected chi connectivity index (χ0v) is 12.0. The van der Waals surface area contributed by atoms with Gasteiger partial charge in [-0.25, -0.2) is 4.79 Å². The lowest BCUT2D eigenvalue weighted by Gasteiger charge is -2.00. The van der Waals surface area contributed by atoms with E-state index in [4.69, 9.17) is 5.11 Å². The third kappa shape index (κ3) is 3.94. The van der Waals surface area contributed by atoms with Crippen molar-refractivity contribution in [1.29, 1.82) is 0 Å². The Hall–Kier alpha value is -2.09. The molecule has 21 heavy (non-hydrogen) atoms. The third-order valence-electron chi connectivity index (χ3n) is 2.32. The first kappa shape index (κ1) is 17.0. The first-order valence-corrected chi connectivity index (χ1v) is 6.76. The number of carboxylic acids is 1. The van der Waals surface area contributed by atoms with Gasteiger partial charge in [-0.1, -0.05) is 13.8 Å². The number of hydrogen-bond donors (Lipinski definition) is 2. The summed E-state index contributed by atoms with van der Waals surface area (Å²) in [5, 5.41) is 18.1. The average Bonchev–Trinajstić information content (AvgIpc) is 2.90. The molecule has 2 rings (SSSR count). The number of carboxylic acid groups (broad SMARTS) is 1. The number of alkyl halides is 3. The molecule has 0 spiro atoms. The second-order valence-corrected chi connectivity index (χ2v) is 4.70. The van der Waals surface area contributed by atoms with E-state index in [-0.39, 0.29) is 10.6 Å². The zero-order valence-electron chi connectivity index (χ0n) is 11.2. The molecule has 8 heteroatoms. The quantitative estimate of drug-likeness (QED) is 0.655. The Morgan fingerprint density at radius 3 is 2.24 bits per heavy atom. The van der Waals surface area contributed by atoms with E-state index in [1.807, 2.05) is 13.8 Å². The van der Waals surface area contributed by atoms with Crippen molar-refractivity contribution in [1.82, 2.24) is 0 Å². The number of hydrogen-bond acceptors (Lipinski definition) is 3. The first-order valence-electron chi connectivity index (χ1n) is 5.94. The molecule has 4 nitrogen and oxygen atoms in total. The van der Waals surface area contributed by atoms with E-state index in [1.165, 1.54) is 12.1 Å². The fourth-order valence-corrected chi connectivity index (χ4v) is 2.31. The van der Waals surface area contributed by atoms with Crippen LogP contribution in [0, 0.1) is 0 Å². The van der Waals surface area contributed by atoms with Crippen LogP contribution in [0.25, 0.3) is 10.4 Å². The van der Waals surface area contributed by atoms with Crippen molar-refractivity contribution in [3.8, 4) is 10.4 Å². The van der Waals surface area contributed by atoms with Crippen molar-refractivity contribution in [3.05, 3.63) is 41.0 Å². The molecule has 2 heterocycles. The number of pyridine rings is 1. The van der Waals surface area contributed by atoms with Gasteiger partial charge in [0.1, 0.15) is 4.88 Å². The maximum atomic E-state index is 12.4. The molecule has 0 aromatic carbocycles. The van der Waals surface area contributed by atoms with E-state index in [2.05, 4.69) is 0 Å². The summed E-state index contributed by atoms with van der Waals surface area (Å²) in [4.78, 5) is 10.2. The molecule has 0 fully saturated rings. The molecule has 0 atom stereocenters. The number of thiophene rings is 1. The summed E-state index contributed by atoms with van der Waals surface area (Å²) >= 11 is 0.519. The number of aromatic carboxylic acids is 1. The second kappa shape index (κ2) is 6.57. The Labute approximate surface area is 122 Å². The Morgan fingerprint density at radius 2 is 1.81 bits per heavy atom. The van der Waals surface area contributed by atoms with Gasteiger partial charge in [-0.15, -0.1) is 11.3 Å². The summed E-state index contributed by atoms with van der Waals surface area (Å²) in [6.45, 7) is 4.00. The number of halogens is 3. The number of carbonyl (C=O) groups is 1. The molecule has 0 aliphatic heterocycles. The highest BCUT2D eigenvalue weighted by atomic mass is 32.1. The number of nitrogens with zero attached hydrogens (tertiary/aromatic N) is 1. The lowest BCUT2D eigenvalue weighted by molar-refractivity contribution is -0.905. The number of aromatic nitrogens is 1. The molecule has 2 N–H and O–H groups in total. The molecular weight excluding hydrogens is 307 g/mol. The van der Waals surface area contributed by atoms with Crippen molar-refractivity contribution in [2.24, 2.45) is 0 Å². The molecule has 2 aromatic rings. The van der Waals surface area contributed by atoms with E-state index >= 15 is 0 Å². The van der Waals surface area contributed by atoms with Crippen LogP contribution in [0.4, 0.5) is 13.2 Å². The highest BCUT2D eigenvalue weighted by Gasteiger charge is 2.32. The summed E-state index contributed by atoms with van der Waals surface area (Å²) in [7, 11) is 0. The summed E-state index contributed by atoms with van der Waals surface area (Å²) < 4.78 is 37.7. The van der Waals surface area contributed by atoms with Gasteiger partial charge < -0.3 is 5.11 Å². The highest BCUT2D eigenvalue weighted by Crippen LogP contribution is 2.37. The topological polar surface area (TPSA) is 61.4 Å². The van der Waals surface area contributed by atoms with Crippen molar-refractivity contribution in [2.75, 3.05) is 0 Å². The molecule has 0 radical (unpaired) electrons. The van der Waals surface area contributed by atoms with Gasteiger partial charge in [-0.2, -0.15) is 13.2 Å². The van der Waals surface area contributed by atoms with Gasteiger partial charge in [-0.3, -0.25) is 5.21 Å². The monoisotopic (exact) mass is 320 g/mol. The Bertz CT molecular complexity index is 638. The molecule has 0 bridgehead atoms. The largest absolute Gasteiger partial charge is 0.473 e. The fourth-order valence-electron chi connectivity index (χ4n) is 1.45. The van der Waals surface area contributed by atoms with Gasteiger partial charge in [-0.05, 0) is 18.2 Å². The van der Waals surface area contributed by atoms with Crippen LogP contribution in [0.5, 0.6) is 0 Å². The number of rotatable bonds is 2.